The van der Waals surface area contributed by atoms with Crippen LogP contribution in [0.15, 0.2) is 64.4 Å². The van der Waals surface area contributed by atoms with Gasteiger partial charge in [-0.1, -0.05) is 24.6 Å². The summed E-state index contributed by atoms with van der Waals surface area (Å²) in [5.74, 6) is 0. The minimum absolute atomic E-state index is 0.0388. The van der Waals surface area contributed by atoms with Crippen molar-refractivity contribution in [3.63, 3.8) is 0 Å². The summed E-state index contributed by atoms with van der Waals surface area (Å²) in [6.45, 7) is 4.44. The number of rotatable bonds is 5. The third kappa shape index (κ3) is 4.50. The predicted molar refractivity (Wildman–Crippen MR) is 121 cm³/mol. The lowest BCUT2D eigenvalue weighted by Crippen LogP contribution is -2.48. The summed E-state index contributed by atoms with van der Waals surface area (Å²) in [5.41, 5.74) is 1.08. The van der Waals surface area contributed by atoms with Crippen LogP contribution in [-0.2, 0) is 20.0 Å². The van der Waals surface area contributed by atoms with Gasteiger partial charge in [-0.2, -0.15) is 8.61 Å². The average Bonchev–Trinajstić information content (AvgIpc) is 2.80. The molecule has 2 heterocycles. The first-order valence-corrected chi connectivity index (χ1v) is 13.6. The standard InChI is InChI=1S/C22H29N3O4S2/c1-19-7-5-6-14-25(19)31(28,29)22-12-10-21(11-13-22)30(26,27)24-17-15-23(16-18-24)20-8-3-2-4-9-20/h2-4,8-13,19H,5-7,14-18H2,1H3/t19-/m1/s1. The van der Waals surface area contributed by atoms with E-state index in [9.17, 15) is 16.8 Å². The molecule has 2 aromatic carbocycles. The van der Waals surface area contributed by atoms with Gasteiger partial charge in [-0.3, -0.25) is 0 Å². The van der Waals surface area contributed by atoms with Gasteiger partial charge in [0.15, 0.2) is 0 Å². The third-order valence-electron chi connectivity index (χ3n) is 6.17. The monoisotopic (exact) mass is 463 g/mol. The van der Waals surface area contributed by atoms with Crippen LogP contribution in [0.25, 0.3) is 0 Å². The first-order chi connectivity index (χ1) is 14.8. The molecule has 0 radical (unpaired) electrons. The molecule has 168 valence electrons. The summed E-state index contributed by atoms with van der Waals surface area (Å²) in [6, 6.07) is 15.6. The van der Waals surface area contributed by atoms with Crippen LogP contribution in [0.3, 0.4) is 0 Å². The molecule has 0 saturated carbocycles. The van der Waals surface area contributed by atoms with Gasteiger partial charge < -0.3 is 4.90 Å². The Morgan fingerprint density at radius 1 is 0.710 bits per heavy atom. The molecule has 2 aromatic rings. The Hall–Kier alpha value is -1.94. The Kier molecular flexibility index (Phi) is 6.39. The van der Waals surface area contributed by atoms with Crippen molar-refractivity contribution in [3.8, 4) is 0 Å². The quantitative estimate of drug-likeness (QED) is 0.681. The maximum atomic E-state index is 13.1. The smallest absolute Gasteiger partial charge is 0.243 e. The lowest BCUT2D eigenvalue weighted by atomic mass is 10.1. The van der Waals surface area contributed by atoms with Crippen molar-refractivity contribution in [1.82, 2.24) is 8.61 Å². The highest BCUT2D eigenvalue weighted by molar-refractivity contribution is 7.89. The summed E-state index contributed by atoms with van der Waals surface area (Å²) in [6.07, 6.45) is 2.73. The van der Waals surface area contributed by atoms with E-state index in [-0.39, 0.29) is 15.8 Å². The van der Waals surface area contributed by atoms with Gasteiger partial charge in [0.05, 0.1) is 9.79 Å². The number of sulfonamides is 2. The lowest BCUT2D eigenvalue weighted by Gasteiger charge is -2.35. The van der Waals surface area contributed by atoms with Gasteiger partial charge in [-0.05, 0) is 56.2 Å². The second-order valence-electron chi connectivity index (χ2n) is 8.16. The number of hydrogen-bond donors (Lipinski definition) is 0. The van der Waals surface area contributed by atoms with E-state index in [4.69, 9.17) is 0 Å². The zero-order valence-corrected chi connectivity index (χ0v) is 19.4. The van der Waals surface area contributed by atoms with Crippen LogP contribution in [0.4, 0.5) is 5.69 Å². The molecule has 0 aliphatic carbocycles. The number of benzene rings is 2. The van der Waals surface area contributed by atoms with Crippen molar-refractivity contribution in [2.75, 3.05) is 37.6 Å². The maximum absolute atomic E-state index is 13.1. The van der Waals surface area contributed by atoms with Crippen LogP contribution in [0.1, 0.15) is 26.2 Å². The SMILES string of the molecule is C[C@@H]1CCCCN1S(=O)(=O)c1ccc(S(=O)(=O)N2CCN(c3ccccc3)CC2)cc1. The van der Waals surface area contributed by atoms with E-state index in [0.717, 1.165) is 24.9 Å². The summed E-state index contributed by atoms with van der Waals surface area (Å²) >= 11 is 0. The van der Waals surface area contributed by atoms with Crippen molar-refractivity contribution in [2.24, 2.45) is 0 Å². The molecule has 0 spiro atoms. The van der Waals surface area contributed by atoms with E-state index in [1.165, 1.54) is 32.9 Å². The Morgan fingerprint density at radius 2 is 1.29 bits per heavy atom. The molecule has 31 heavy (non-hydrogen) atoms. The topological polar surface area (TPSA) is 78.0 Å². The van der Waals surface area contributed by atoms with E-state index in [1.807, 2.05) is 37.3 Å². The van der Waals surface area contributed by atoms with Crippen LogP contribution in [0.5, 0.6) is 0 Å². The number of anilines is 1. The second-order valence-corrected chi connectivity index (χ2v) is 12.0. The first kappa shape index (κ1) is 22.3. The molecule has 2 aliphatic heterocycles. The highest BCUT2D eigenvalue weighted by Gasteiger charge is 2.32. The minimum atomic E-state index is -3.67. The summed E-state index contributed by atoms with van der Waals surface area (Å²) < 4.78 is 55.2. The molecule has 1 atom stereocenters. The van der Waals surface area contributed by atoms with Gasteiger partial charge >= 0.3 is 0 Å². The van der Waals surface area contributed by atoms with Gasteiger partial charge in [-0.15, -0.1) is 0 Å². The lowest BCUT2D eigenvalue weighted by molar-refractivity contribution is 0.268. The van der Waals surface area contributed by atoms with Crippen LogP contribution < -0.4 is 4.90 Å². The highest BCUT2D eigenvalue weighted by atomic mass is 32.2. The molecule has 0 unspecified atom stereocenters. The van der Waals surface area contributed by atoms with E-state index >= 15 is 0 Å². The predicted octanol–water partition coefficient (Wildman–Crippen LogP) is 2.76. The van der Waals surface area contributed by atoms with Crippen LogP contribution >= 0.6 is 0 Å². The molecular formula is C22H29N3O4S2. The number of para-hydroxylation sites is 1. The Bertz CT molecular complexity index is 1100. The molecule has 0 amide bonds. The van der Waals surface area contributed by atoms with Crippen LogP contribution in [0, 0.1) is 0 Å². The fourth-order valence-corrected chi connectivity index (χ4v) is 7.44. The zero-order valence-electron chi connectivity index (χ0n) is 17.7. The molecule has 7 nitrogen and oxygen atoms in total. The zero-order chi connectivity index (χ0) is 22.1. The first-order valence-electron chi connectivity index (χ1n) is 10.7. The molecule has 0 aromatic heterocycles. The van der Waals surface area contributed by atoms with E-state index in [2.05, 4.69) is 4.90 Å². The molecule has 4 rings (SSSR count). The summed E-state index contributed by atoms with van der Waals surface area (Å²) in [5, 5.41) is 0. The summed E-state index contributed by atoms with van der Waals surface area (Å²) in [7, 11) is -7.29. The highest BCUT2D eigenvalue weighted by Crippen LogP contribution is 2.27. The van der Waals surface area contributed by atoms with Crippen molar-refractivity contribution in [1.29, 1.82) is 0 Å². The molecule has 2 fully saturated rings. The Balaban J connectivity index is 1.47. The molecule has 0 N–H and O–H groups in total. The van der Waals surface area contributed by atoms with Crippen molar-refractivity contribution >= 4 is 25.7 Å². The third-order valence-corrected chi connectivity index (χ3v) is 10.1. The van der Waals surface area contributed by atoms with Crippen molar-refractivity contribution in [2.45, 2.75) is 42.0 Å². The maximum Gasteiger partial charge on any atom is 0.243 e. The normalized spacial score (nSPS) is 21.8. The number of hydrogen-bond acceptors (Lipinski definition) is 5. The van der Waals surface area contributed by atoms with Gasteiger partial charge in [0.2, 0.25) is 20.0 Å². The summed E-state index contributed by atoms with van der Waals surface area (Å²) in [4.78, 5) is 2.45. The molecule has 2 saturated heterocycles. The molecule has 9 heteroatoms. The van der Waals surface area contributed by atoms with Gasteiger partial charge in [0.25, 0.3) is 0 Å². The largest absolute Gasteiger partial charge is 0.369 e. The Morgan fingerprint density at radius 3 is 1.87 bits per heavy atom. The Labute approximate surface area is 185 Å². The van der Waals surface area contributed by atoms with E-state index in [0.29, 0.717) is 32.7 Å². The molecule has 0 bridgehead atoms. The number of nitrogens with zero attached hydrogens (tertiary/aromatic N) is 3. The number of piperazine rings is 1. The van der Waals surface area contributed by atoms with Gasteiger partial charge in [0.1, 0.15) is 0 Å². The fourth-order valence-electron chi connectivity index (χ4n) is 4.32. The van der Waals surface area contributed by atoms with Crippen LogP contribution in [0.2, 0.25) is 0 Å². The van der Waals surface area contributed by atoms with E-state index in [1.54, 1.807) is 0 Å². The number of piperidine rings is 1. The van der Waals surface area contributed by atoms with E-state index < -0.39 is 20.0 Å². The van der Waals surface area contributed by atoms with Crippen molar-refractivity contribution < 1.29 is 16.8 Å². The average molecular weight is 464 g/mol. The second kappa shape index (κ2) is 8.90. The van der Waals surface area contributed by atoms with Crippen molar-refractivity contribution in [3.05, 3.63) is 54.6 Å². The molecule has 2 aliphatic rings. The minimum Gasteiger partial charge on any atom is -0.369 e. The van der Waals surface area contributed by atoms with Gasteiger partial charge in [0, 0.05) is 44.5 Å². The van der Waals surface area contributed by atoms with Gasteiger partial charge in [-0.25, -0.2) is 16.8 Å². The molecular weight excluding hydrogens is 434 g/mol. The fraction of sp³-hybridized carbons (Fsp3) is 0.455. The van der Waals surface area contributed by atoms with Crippen LogP contribution in [-0.4, -0.2) is 64.2 Å².